The molecule has 1 aliphatic heterocycles. The Bertz CT molecular complexity index is 579. The van der Waals surface area contributed by atoms with E-state index >= 15 is 0 Å². The minimum atomic E-state index is 0.251. The minimum Gasteiger partial charge on any atom is -0.490 e. The van der Waals surface area contributed by atoms with Crippen molar-refractivity contribution in [3.8, 4) is 5.75 Å². The molecule has 0 amide bonds. The molecule has 2 N–H and O–H groups in total. The van der Waals surface area contributed by atoms with Gasteiger partial charge < -0.3 is 10.5 Å². The van der Waals surface area contributed by atoms with Gasteiger partial charge in [-0.25, -0.2) is 0 Å². The number of fused-ring (bicyclic) bond motifs is 1. The van der Waals surface area contributed by atoms with E-state index in [9.17, 15) is 0 Å². The topological polar surface area (TPSA) is 35.2 Å². The van der Waals surface area contributed by atoms with Gasteiger partial charge in [-0.2, -0.15) is 0 Å². The summed E-state index contributed by atoms with van der Waals surface area (Å²) in [4.78, 5) is 0. The molecule has 2 aromatic carbocycles. The number of hydrogen-bond donors (Lipinski definition) is 1. The van der Waals surface area contributed by atoms with Gasteiger partial charge in [-0.15, -0.1) is 0 Å². The van der Waals surface area contributed by atoms with E-state index in [0.29, 0.717) is 12.5 Å². The van der Waals surface area contributed by atoms with Crippen LogP contribution in [0.2, 0.25) is 0 Å². The normalized spacial score (nSPS) is 18.4. The van der Waals surface area contributed by atoms with Crippen molar-refractivity contribution in [3.63, 3.8) is 0 Å². The highest BCUT2D eigenvalue weighted by Crippen LogP contribution is 2.33. The smallest absolute Gasteiger partial charge is 0.123 e. The van der Waals surface area contributed by atoms with Crippen LogP contribution >= 0.6 is 0 Å². The van der Waals surface area contributed by atoms with Crippen LogP contribution in [0.1, 0.15) is 29.0 Å². The first kappa shape index (κ1) is 13.2. The van der Waals surface area contributed by atoms with E-state index in [1.54, 1.807) is 0 Å². The van der Waals surface area contributed by atoms with Gasteiger partial charge in [-0.3, -0.25) is 0 Å². The van der Waals surface area contributed by atoms with Crippen molar-refractivity contribution < 1.29 is 4.74 Å². The summed E-state index contributed by atoms with van der Waals surface area (Å²) < 4.78 is 6.06. The molecule has 2 unspecified atom stereocenters. The monoisotopic (exact) mass is 267 g/mol. The van der Waals surface area contributed by atoms with E-state index in [0.717, 1.165) is 18.6 Å². The van der Waals surface area contributed by atoms with E-state index < -0.39 is 0 Å². The van der Waals surface area contributed by atoms with Crippen molar-refractivity contribution in [2.75, 3.05) is 6.54 Å². The lowest BCUT2D eigenvalue weighted by Crippen LogP contribution is -2.22. The minimum absolute atomic E-state index is 0.251. The largest absolute Gasteiger partial charge is 0.490 e. The molecule has 1 aliphatic rings. The molecule has 2 atom stereocenters. The van der Waals surface area contributed by atoms with Gasteiger partial charge in [-0.1, -0.05) is 48.0 Å². The van der Waals surface area contributed by atoms with Crippen LogP contribution in [0.3, 0.4) is 0 Å². The number of nitrogens with two attached hydrogens (primary N) is 1. The highest BCUT2D eigenvalue weighted by molar-refractivity contribution is 5.40. The fourth-order valence-corrected chi connectivity index (χ4v) is 2.99. The second-order valence-corrected chi connectivity index (χ2v) is 5.63. The molecule has 0 spiro atoms. The maximum Gasteiger partial charge on any atom is 0.123 e. The van der Waals surface area contributed by atoms with Gasteiger partial charge in [0.1, 0.15) is 11.9 Å². The van der Waals surface area contributed by atoms with E-state index in [1.165, 1.54) is 16.7 Å². The second kappa shape index (κ2) is 5.68. The first-order chi connectivity index (χ1) is 9.76. The standard InChI is InChI=1S/C18H21NO/c1-13-7-8-18-15(9-13)10-17(20-18)11-16(12-19)14-5-3-2-4-6-14/h2-9,16-17H,10-12,19H2,1H3. The predicted molar refractivity (Wildman–Crippen MR) is 82.2 cm³/mol. The van der Waals surface area contributed by atoms with Crippen LogP contribution in [0.15, 0.2) is 48.5 Å². The molecule has 0 saturated carbocycles. The van der Waals surface area contributed by atoms with Crippen molar-refractivity contribution in [1.29, 1.82) is 0 Å². The Morgan fingerprint density at radius 1 is 1.20 bits per heavy atom. The van der Waals surface area contributed by atoms with Crippen molar-refractivity contribution in [1.82, 2.24) is 0 Å². The van der Waals surface area contributed by atoms with Crippen LogP contribution < -0.4 is 10.5 Å². The second-order valence-electron chi connectivity index (χ2n) is 5.63. The van der Waals surface area contributed by atoms with Crippen LogP contribution in [0, 0.1) is 6.92 Å². The molecule has 104 valence electrons. The van der Waals surface area contributed by atoms with Gasteiger partial charge in [0.15, 0.2) is 0 Å². The first-order valence-electron chi connectivity index (χ1n) is 7.27. The lowest BCUT2D eigenvalue weighted by molar-refractivity contribution is 0.210. The van der Waals surface area contributed by atoms with Gasteiger partial charge >= 0.3 is 0 Å². The number of aryl methyl sites for hydroxylation is 1. The molecule has 1 heterocycles. The number of hydrogen-bond acceptors (Lipinski definition) is 2. The molecule has 0 radical (unpaired) electrons. The Kier molecular flexibility index (Phi) is 3.75. The average Bonchev–Trinajstić information content (AvgIpc) is 2.87. The Morgan fingerprint density at radius 2 is 2.00 bits per heavy atom. The summed E-state index contributed by atoms with van der Waals surface area (Å²) in [6.07, 6.45) is 2.23. The number of ether oxygens (including phenoxy) is 1. The first-order valence-corrected chi connectivity index (χ1v) is 7.27. The predicted octanol–water partition coefficient (Wildman–Crippen LogP) is 3.43. The molecule has 20 heavy (non-hydrogen) atoms. The Hall–Kier alpha value is -1.80. The zero-order valence-corrected chi connectivity index (χ0v) is 11.9. The number of benzene rings is 2. The van der Waals surface area contributed by atoms with Gasteiger partial charge in [0.05, 0.1) is 0 Å². The van der Waals surface area contributed by atoms with E-state index in [-0.39, 0.29) is 6.10 Å². The van der Waals surface area contributed by atoms with Crippen molar-refractivity contribution in [2.45, 2.75) is 31.8 Å². The molecular formula is C18H21NO. The molecule has 0 saturated heterocycles. The van der Waals surface area contributed by atoms with Crippen molar-refractivity contribution in [2.24, 2.45) is 5.73 Å². The fourth-order valence-electron chi connectivity index (χ4n) is 2.99. The van der Waals surface area contributed by atoms with Crippen molar-refractivity contribution >= 4 is 0 Å². The van der Waals surface area contributed by atoms with Gasteiger partial charge in [0.25, 0.3) is 0 Å². The SMILES string of the molecule is Cc1ccc2c(c1)CC(CC(CN)c1ccccc1)O2. The molecule has 0 fully saturated rings. The van der Waals surface area contributed by atoms with E-state index in [1.807, 2.05) is 6.07 Å². The quantitative estimate of drug-likeness (QED) is 0.921. The Morgan fingerprint density at radius 3 is 2.75 bits per heavy atom. The highest BCUT2D eigenvalue weighted by Gasteiger charge is 2.25. The Labute approximate surface area is 120 Å². The summed E-state index contributed by atoms with van der Waals surface area (Å²) in [6.45, 7) is 2.79. The molecular weight excluding hydrogens is 246 g/mol. The molecule has 0 bridgehead atoms. The average molecular weight is 267 g/mol. The molecule has 2 aromatic rings. The summed E-state index contributed by atoms with van der Waals surface area (Å²) >= 11 is 0. The van der Waals surface area contributed by atoms with Gasteiger partial charge in [0.2, 0.25) is 0 Å². The summed E-state index contributed by atoms with van der Waals surface area (Å²) in [5, 5.41) is 0. The molecule has 3 rings (SSSR count). The maximum atomic E-state index is 6.06. The molecule has 0 aliphatic carbocycles. The highest BCUT2D eigenvalue weighted by atomic mass is 16.5. The van der Waals surface area contributed by atoms with Gasteiger partial charge in [-0.05, 0) is 43.0 Å². The third kappa shape index (κ3) is 2.70. The Balaban J connectivity index is 1.70. The lowest BCUT2D eigenvalue weighted by atomic mass is 9.92. The maximum absolute atomic E-state index is 6.06. The van der Waals surface area contributed by atoms with Crippen LogP contribution in [-0.2, 0) is 6.42 Å². The summed E-state index contributed by atoms with van der Waals surface area (Å²) in [6, 6.07) is 16.9. The summed E-state index contributed by atoms with van der Waals surface area (Å²) in [5.74, 6) is 1.42. The molecule has 0 aromatic heterocycles. The van der Waals surface area contributed by atoms with Crippen molar-refractivity contribution in [3.05, 3.63) is 65.2 Å². The lowest BCUT2D eigenvalue weighted by Gasteiger charge is -2.19. The summed E-state index contributed by atoms with van der Waals surface area (Å²) in [5.41, 5.74) is 9.90. The van der Waals surface area contributed by atoms with Crippen LogP contribution in [0.4, 0.5) is 0 Å². The third-order valence-corrected chi connectivity index (χ3v) is 4.06. The fraction of sp³-hybridized carbons (Fsp3) is 0.333. The van der Waals surface area contributed by atoms with E-state index in [2.05, 4.69) is 49.4 Å². The van der Waals surface area contributed by atoms with Crippen LogP contribution in [0.25, 0.3) is 0 Å². The third-order valence-electron chi connectivity index (χ3n) is 4.06. The molecule has 2 heteroatoms. The number of rotatable bonds is 4. The van der Waals surface area contributed by atoms with Crippen LogP contribution in [0.5, 0.6) is 5.75 Å². The molecule has 2 nitrogen and oxygen atoms in total. The zero-order valence-electron chi connectivity index (χ0n) is 11.9. The van der Waals surface area contributed by atoms with E-state index in [4.69, 9.17) is 10.5 Å². The van der Waals surface area contributed by atoms with Crippen LogP contribution in [-0.4, -0.2) is 12.6 Å². The summed E-state index contributed by atoms with van der Waals surface area (Å²) in [7, 11) is 0. The van der Waals surface area contributed by atoms with Gasteiger partial charge in [0, 0.05) is 6.42 Å². The zero-order chi connectivity index (χ0) is 13.9.